The van der Waals surface area contributed by atoms with Crippen molar-refractivity contribution in [2.24, 2.45) is 0 Å². The number of anilines is 1. The van der Waals surface area contributed by atoms with E-state index in [1.54, 1.807) is 17.0 Å². The monoisotopic (exact) mass is 380 g/mol. The van der Waals surface area contributed by atoms with Crippen LogP contribution in [-0.2, 0) is 0 Å². The van der Waals surface area contributed by atoms with E-state index in [0.717, 1.165) is 24.1 Å². The largest absolute Gasteiger partial charge is 0.337 e. The van der Waals surface area contributed by atoms with Crippen LogP contribution in [0.25, 0.3) is 11.4 Å². The van der Waals surface area contributed by atoms with Crippen LogP contribution in [0.2, 0.25) is 0 Å². The zero-order chi connectivity index (χ0) is 19.7. The van der Waals surface area contributed by atoms with Gasteiger partial charge in [-0.15, -0.1) is 0 Å². The normalized spacial score (nSPS) is 16.4. The zero-order valence-corrected chi connectivity index (χ0v) is 15.8. The summed E-state index contributed by atoms with van der Waals surface area (Å²) in [6, 6.07) is 11.3. The Morgan fingerprint density at radius 3 is 2.71 bits per heavy atom. The minimum atomic E-state index is -0.322. The van der Waals surface area contributed by atoms with Gasteiger partial charge in [0.2, 0.25) is 11.7 Å². The van der Waals surface area contributed by atoms with Gasteiger partial charge in [-0.1, -0.05) is 11.2 Å². The number of hydrogen-bond donors (Lipinski definition) is 1. The van der Waals surface area contributed by atoms with Crippen molar-refractivity contribution in [3.05, 3.63) is 65.3 Å². The molecule has 2 heterocycles. The van der Waals surface area contributed by atoms with Gasteiger partial charge >= 0.3 is 6.03 Å². The van der Waals surface area contributed by atoms with E-state index in [0.29, 0.717) is 23.8 Å². The number of rotatable bonds is 3. The van der Waals surface area contributed by atoms with Gasteiger partial charge in [-0.3, -0.25) is 0 Å². The van der Waals surface area contributed by atoms with Crippen molar-refractivity contribution >= 4 is 11.7 Å². The minimum absolute atomic E-state index is 0.188. The van der Waals surface area contributed by atoms with E-state index in [1.165, 1.54) is 17.7 Å². The number of likely N-dealkylation sites (tertiary alicyclic amines) is 1. The molecule has 28 heavy (non-hydrogen) atoms. The predicted octanol–water partition coefficient (Wildman–Crippen LogP) is 4.86. The Bertz CT molecular complexity index is 1000. The molecule has 2 aromatic carbocycles. The molecule has 3 aromatic rings. The van der Waals surface area contributed by atoms with E-state index in [1.807, 2.05) is 32.0 Å². The maximum absolute atomic E-state index is 13.1. The van der Waals surface area contributed by atoms with Gasteiger partial charge < -0.3 is 14.7 Å². The third-order valence-corrected chi connectivity index (χ3v) is 5.10. The molecule has 1 aromatic heterocycles. The van der Waals surface area contributed by atoms with Gasteiger partial charge in [0, 0.05) is 17.8 Å². The van der Waals surface area contributed by atoms with Crippen LogP contribution in [0.4, 0.5) is 14.9 Å². The van der Waals surface area contributed by atoms with Crippen molar-refractivity contribution in [1.82, 2.24) is 15.0 Å². The van der Waals surface area contributed by atoms with Crippen LogP contribution < -0.4 is 5.32 Å². The van der Waals surface area contributed by atoms with Gasteiger partial charge in [-0.05, 0) is 74.2 Å². The van der Waals surface area contributed by atoms with Crippen molar-refractivity contribution in [1.29, 1.82) is 0 Å². The first-order valence-corrected chi connectivity index (χ1v) is 9.25. The number of aryl methyl sites for hydroxylation is 2. The first-order chi connectivity index (χ1) is 13.5. The summed E-state index contributed by atoms with van der Waals surface area (Å²) in [6.45, 7) is 4.67. The van der Waals surface area contributed by atoms with Crippen LogP contribution in [0.15, 0.2) is 47.0 Å². The van der Waals surface area contributed by atoms with Crippen molar-refractivity contribution in [3.63, 3.8) is 0 Å². The first kappa shape index (κ1) is 18.2. The Balaban J connectivity index is 1.51. The third-order valence-electron chi connectivity index (χ3n) is 5.10. The van der Waals surface area contributed by atoms with E-state index in [4.69, 9.17) is 4.52 Å². The summed E-state index contributed by atoms with van der Waals surface area (Å²) < 4.78 is 18.5. The first-order valence-electron chi connectivity index (χ1n) is 9.25. The van der Waals surface area contributed by atoms with E-state index < -0.39 is 0 Å². The lowest BCUT2D eigenvalue weighted by Crippen LogP contribution is -2.34. The zero-order valence-electron chi connectivity index (χ0n) is 15.8. The van der Waals surface area contributed by atoms with Gasteiger partial charge in [0.15, 0.2) is 0 Å². The Morgan fingerprint density at radius 2 is 1.96 bits per heavy atom. The van der Waals surface area contributed by atoms with E-state index in [-0.39, 0.29) is 17.9 Å². The molecule has 1 aliphatic rings. The van der Waals surface area contributed by atoms with Gasteiger partial charge in [0.1, 0.15) is 11.9 Å². The second kappa shape index (κ2) is 7.42. The number of benzene rings is 2. The highest BCUT2D eigenvalue weighted by Crippen LogP contribution is 2.32. The van der Waals surface area contributed by atoms with Gasteiger partial charge in [0.05, 0.1) is 0 Å². The number of nitrogens with zero attached hydrogens (tertiary/aromatic N) is 3. The third kappa shape index (κ3) is 3.60. The van der Waals surface area contributed by atoms with Gasteiger partial charge in [-0.2, -0.15) is 4.98 Å². The minimum Gasteiger partial charge on any atom is -0.337 e. The second-order valence-corrected chi connectivity index (χ2v) is 7.04. The lowest BCUT2D eigenvalue weighted by Gasteiger charge is -2.22. The molecule has 1 fully saturated rings. The average Bonchev–Trinajstić information content (AvgIpc) is 3.34. The average molecular weight is 380 g/mol. The molecule has 0 spiro atoms. The van der Waals surface area contributed by atoms with Crippen molar-refractivity contribution in [2.75, 3.05) is 11.9 Å². The van der Waals surface area contributed by atoms with Gasteiger partial charge in [0.25, 0.3) is 0 Å². The highest BCUT2D eigenvalue weighted by Gasteiger charge is 2.34. The molecular formula is C21H21FN4O2. The topological polar surface area (TPSA) is 71.3 Å². The molecule has 1 saturated heterocycles. The summed E-state index contributed by atoms with van der Waals surface area (Å²) >= 11 is 0. The summed E-state index contributed by atoms with van der Waals surface area (Å²) in [5.74, 6) is 0.459. The number of halogens is 1. The summed E-state index contributed by atoms with van der Waals surface area (Å²) in [4.78, 5) is 18.9. The molecule has 144 valence electrons. The van der Waals surface area contributed by atoms with Crippen molar-refractivity contribution in [3.8, 4) is 11.4 Å². The molecule has 4 rings (SSSR count). The molecule has 1 aliphatic heterocycles. The van der Waals surface area contributed by atoms with Crippen LogP contribution in [0, 0.1) is 19.7 Å². The fourth-order valence-electron chi connectivity index (χ4n) is 3.37. The Hall–Kier alpha value is -3.22. The molecule has 0 radical (unpaired) electrons. The SMILES string of the molecule is Cc1ccc(NC(=O)N2CCC[C@H]2c2nc(-c3ccc(F)cc3)no2)cc1C. The molecule has 1 N–H and O–H groups in total. The quantitative estimate of drug-likeness (QED) is 0.704. The van der Waals surface area contributed by atoms with Crippen LogP contribution in [-0.4, -0.2) is 27.6 Å². The molecule has 2 amide bonds. The Morgan fingerprint density at radius 1 is 1.18 bits per heavy atom. The standard InChI is InChI=1S/C21H21FN4O2/c1-13-5-10-17(12-14(13)2)23-21(27)26-11-3-4-18(26)20-24-19(25-28-20)15-6-8-16(22)9-7-15/h5-10,12,18H,3-4,11H2,1-2H3,(H,23,27)/t18-/m0/s1. The summed E-state index contributed by atoms with van der Waals surface area (Å²) in [5.41, 5.74) is 3.73. The van der Waals surface area contributed by atoms with Crippen LogP contribution in [0.1, 0.15) is 35.9 Å². The molecule has 7 heteroatoms. The number of carbonyl (C=O) groups is 1. The number of aromatic nitrogens is 2. The predicted molar refractivity (Wildman–Crippen MR) is 103 cm³/mol. The Labute approximate surface area is 162 Å². The Kier molecular flexibility index (Phi) is 4.81. The molecular weight excluding hydrogens is 359 g/mol. The summed E-state index contributed by atoms with van der Waals surface area (Å²) in [5, 5.41) is 6.94. The summed E-state index contributed by atoms with van der Waals surface area (Å²) in [7, 11) is 0. The molecule has 0 bridgehead atoms. The van der Waals surface area contributed by atoms with E-state index in [9.17, 15) is 9.18 Å². The molecule has 6 nitrogen and oxygen atoms in total. The van der Waals surface area contributed by atoms with Gasteiger partial charge in [-0.25, -0.2) is 9.18 Å². The molecule has 1 atom stereocenters. The maximum Gasteiger partial charge on any atom is 0.322 e. The number of carbonyl (C=O) groups excluding carboxylic acids is 1. The molecule has 0 unspecified atom stereocenters. The fourth-order valence-corrected chi connectivity index (χ4v) is 3.37. The van der Waals surface area contributed by atoms with Crippen molar-refractivity contribution in [2.45, 2.75) is 32.7 Å². The maximum atomic E-state index is 13.1. The van der Waals surface area contributed by atoms with E-state index >= 15 is 0 Å². The number of nitrogens with one attached hydrogen (secondary N) is 1. The lowest BCUT2D eigenvalue weighted by atomic mass is 10.1. The summed E-state index contributed by atoms with van der Waals surface area (Å²) in [6.07, 6.45) is 1.62. The number of hydrogen-bond acceptors (Lipinski definition) is 4. The lowest BCUT2D eigenvalue weighted by molar-refractivity contribution is 0.193. The second-order valence-electron chi connectivity index (χ2n) is 7.04. The van der Waals surface area contributed by atoms with Crippen LogP contribution in [0.3, 0.4) is 0 Å². The van der Waals surface area contributed by atoms with Crippen molar-refractivity contribution < 1.29 is 13.7 Å². The molecule has 0 saturated carbocycles. The molecule has 0 aliphatic carbocycles. The van der Waals surface area contributed by atoms with Crippen LogP contribution in [0.5, 0.6) is 0 Å². The highest BCUT2D eigenvalue weighted by atomic mass is 19.1. The van der Waals surface area contributed by atoms with Crippen LogP contribution >= 0.6 is 0 Å². The number of amides is 2. The fraction of sp³-hybridized carbons (Fsp3) is 0.286. The smallest absolute Gasteiger partial charge is 0.322 e. The highest BCUT2D eigenvalue weighted by molar-refractivity contribution is 5.89. The number of urea groups is 1. The van der Waals surface area contributed by atoms with E-state index in [2.05, 4.69) is 15.5 Å².